The van der Waals surface area contributed by atoms with E-state index in [-0.39, 0.29) is 0 Å². The lowest BCUT2D eigenvalue weighted by Crippen LogP contribution is -2.36. The van der Waals surface area contributed by atoms with Gasteiger partial charge in [-0.25, -0.2) is 9.97 Å². The second kappa shape index (κ2) is 6.91. The van der Waals surface area contributed by atoms with Crippen molar-refractivity contribution in [3.05, 3.63) is 11.9 Å². The molecule has 4 heteroatoms. The maximum atomic E-state index is 4.57. The standard InChI is InChI=1S/C16H28N4/c1-5-6-14-15(17-4)18-11-19-16(14)20-9-7-13(8-10-20)12(2)3/h11-13H,5-10H2,1-4H3,(H,17,18,19). The quantitative estimate of drug-likeness (QED) is 0.895. The van der Waals surface area contributed by atoms with Crippen molar-refractivity contribution in [3.8, 4) is 0 Å². The van der Waals surface area contributed by atoms with Crippen molar-refractivity contribution in [1.82, 2.24) is 9.97 Å². The Morgan fingerprint density at radius 1 is 1.30 bits per heavy atom. The van der Waals surface area contributed by atoms with E-state index in [1.54, 1.807) is 6.33 Å². The van der Waals surface area contributed by atoms with Gasteiger partial charge in [0.25, 0.3) is 0 Å². The maximum absolute atomic E-state index is 4.57. The summed E-state index contributed by atoms with van der Waals surface area (Å²) in [6.45, 7) is 9.14. The van der Waals surface area contributed by atoms with E-state index in [2.05, 4.69) is 41.0 Å². The molecule has 1 saturated heterocycles. The predicted molar refractivity (Wildman–Crippen MR) is 85.3 cm³/mol. The summed E-state index contributed by atoms with van der Waals surface area (Å²) in [5, 5.41) is 3.21. The normalized spacial score (nSPS) is 16.8. The SMILES string of the molecule is CCCc1c(NC)ncnc1N1CCC(C(C)C)CC1. The first kappa shape index (κ1) is 15.1. The van der Waals surface area contributed by atoms with E-state index in [4.69, 9.17) is 0 Å². The predicted octanol–water partition coefficient (Wildman–Crippen LogP) is 3.34. The molecule has 0 spiro atoms. The Balaban J connectivity index is 2.16. The summed E-state index contributed by atoms with van der Waals surface area (Å²) in [6.07, 6.45) is 6.41. The zero-order valence-corrected chi connectivity index (χ0v) is 13.3. The van der Waals surface area contributed by atoms with Crippen LogP contribution in [0, 0.1) is 11.8 Å². The third-order valence-electron chi connectivity index (χ3n) is 4.44. The molecule has 1 N–H and O–H groups in total. The fourth-order valence-corrected chi connectivity index (χ4v) is 3.15. The minimum atomic E-state index is 0.797. The van der Waals surface area contributed by atoms with Crippen LogP contribution in [0.15, 0.2) is 6.33 Å². The van der Waals surface area contributed by atoms with Crippen molar-refractivity contribution in [2.24, 2.45) is 11.8 Å². The monoisotopic (exact) mass is 276 g/mol. The van der Waals surface area contributed by atoms with Gasteiger partial charge in [-0.15, -0.1) is 0 Å². The Morgan fingerprint density at radius 2 is 2.00 bits per heavy atom. The van der Waals surface area contributed by atoms with Gasteiger partial charge >= 0.3 is 0 Å². The average molecular weight is 276 g/mol. The number of piperidine rings is 1. The number of nitrogens with one attached hydrogen (secondary N) is 1. The molecule has 1 fully saturated rings. The zero-order valence-electron chi connectivity index (χ0n) is 13.3. The molecule has 0 saturated carbocycles. The van der Waals surface area contributed by atoms with Gasteiger partial charge in [0.1, 0.15) is 18.0 Å². The van der Waals surface area contributed by atoms with Crippen molar-refractivity contribution in [2.75, 3.05) is 30.4 Å². The highest BCUT2D eigenvalue weighted by Gasteiger charge is 2.24. The third kappa shape index (κ3) is 3.22. The Kier molecular flexibility index (Phi) is 5.21. The number of hydrogen-bond donors (Lipinski definition) is 1. The van der Waals surface area contributed by atoms with E-state index in [0.29, 0.717) is 0 Å². The van der Waals surface area contributed by atoms with Crippen LogP contribution in [-0.4, -0.2) is 30.1 Å². The Labute approximate surface area is 123 Å². The van der Waals surface area contributed by atoms with Gasteiger partial charge in [-0.3, -0.25) is 0 Å². The highest BCUT2D eigenvalue weighted by molar-refractivity contribution is 5.58. The van der Waals surface area contributed by atoms with Crippen LogP contribution >= 0.6 is 0 Å². The summed E-state index contributed by atoms with van der Waals surface area (Å²) in [4.78, 5) is 11.4. The van der Waals surface area contributed by atoms with Crippen molar-refractivity contribution >= 4 is 11.6 Å². The number of nitrogens with zero attached hydrogens (tertiary/aromatic N) is 3. The topological polar surface area (TPSA) is 41.1 Å². The number of rotatable bonds is 5. The molecule has 2 rings (SSSR count). The van der Waals surface area contributed by atoms with Crippen LogP contribution in [0.5, 0.6) is 0 Å². The van der Waals surface area contributed by atoms with E-state index < -0.39 is 0 Å². The summed E-state index contributed by atoms with van der Waals surface area (Å²) in [7, 11) is 1.94. The fraction of sp³-hybridized carbons (Fsp3) is 0.750. The van der Waals surface area contributed by atoms with Gasteiger partial charge < -0.3 is 10.2 Å². The van der Waals surface area contributed by atoms with Crippen LogP contribution in [0.3, 0.4) is 0 Å². The van der Waals surface area contributed by atoms with Crippen molar-refractivity contribution < 1.29 is 0 Å². The lowest BCUT2D eigenvalue weighted by atomic mass is 9.86. The molecular formula is C16H28N4. The van der Waals surface area contributed by atoms with Gasteiger partial charge in [-0.2, -0.15) is 0 Å². The largest absolute Gasteiger partial charge is 0.373 e. The molecule has 1 aliphatic heterocycles. The highest BCUT2D eigenvalue weighted by atomic mass is 15.2. The van der Waals surface area contributed by atoms with Crippen LogP contribution in [0.2, 0.25) is 0 Å². The Morgan fingerprint density at radius 3 is 2.55 bits per heavy atom. The first-order valence-electron chi connectivity index (χ1n) is 7.93. The molecule has 0 aliphatic carbocycles. The summed E-state index contributed by atoms with van der Waals surface area (Å²) >= 11 is 0. The molecule has 0 unspecified atom stereocenters. The summed E-state index contributed by atoms with van der Waals surface area (Å²) in [5.74, 6) is 3.80. The number of hydrogen-bond acceptors (Lipinski definition) is 4. The Bertz CT molecular complexity index is 422. The van der Waals surface area contributed by atoms with Crippen LogP contribution in [-0.2, 0) is 6.42 Å². The van der Waals surface area contributed by atoms with Gasteiger partial charge in [0.15, 0.2) is 0 Å². The molecule has 20 heavy (non-hydrogen) atoms. The van der Waals surface area contributed by atoms with Gasteiger partial charge in [-0.1, -0.05) is 27.2 Å². The first-order valence-corrected chi connectivity index (χ1v) is 7.93. The minimum absolute atomic E-state index is 0.797. The van der Waals surface area contributed by atoms with E-state index in [1.165, 1.54) is 18.4 Å². The first-order chi connectivity index (χ1) is 9.67. The molecule has 1 aromatic rings. The van der Waals surface area contributed by atoms with E-state index >= 15 is 0 Å². The lowest BCUT2D eigenvalue weighted by Gasteiger charge is -2.35. The van der Waals surface area contributed by atoms with Crippen molar-refractivity contribution in [2.45, 2.75) is 46.5 Å². The Hall–Kier alpha value is -1.32. The molecule has 1 aromatic heterocycles. The molecule has 0 amide bonds. The van der Waals surface area contributed by atoms with E-state index in [0.717, 1.165) is 49.4 Å². The molecule has 0 bridgehead atoms. The second-order valence-electron chi connectivity index (χ2n) is 6.09. The van der Waals surface area contributed by atoms with Crippen molar-refractivity contribution in [1.29, 1.82) is 0 Å². The van der Waals surface area contributed by atoms with Gasteiger partial charge in [0.05, 0.1) is 0 Å². The van der Waals surface area contributed by atoms with Gasteiger partial charge in [0.2, 0.25) is 0 Å². The number of aromatic nitrogens is 2. The molecule has 112 valence electrons. The molecule has 0 atom stereocenters. The third-order valence-corrected chi connectivity index (χ3v) is 4.44. The van der Waals surface area contributed by atoms with Crippen LogP contribution in [0.4, 0.5) is 11.6 Å². The molecule has 0 radical (unpaired) electrons. The van der Waals surface area contributed by atoms with Gasteiger partial charge in [0, 0.05) is 25.7 Å². The number of anilines is 2. The molecule has 1 aliphatic rings. The average Bonchev–Trinajstić information content (AvgIpc) is 2.48. The van der Waals surface area contributed by atoms with Crippen LogP contribution in [0.25, 0.3) is 0 Å². The smallest absolute Gasteiger partial charge is 0.137 e. The molecule has 4 nitrogen and oxygen atoms in total. The van der Waals surface area contributed by atoms with E-state index in [9.17, 15) is 0 Å². The van der Waals surface area contributed by atoms with Crippen LogP contribution in [0.1, 0.15) is 45.6 Å². The molecule has 2 heterocycles. The summed E-state index contributed by atoms with van der Waals surface area (Å²) in [5.41, 5.74) is 1.28. The second-order valence-corrected chi connectivity index (χ2v) is 6.09. The van der Waals surface area contributed by atoms with Crippen LogP contribution < -0.4 is 10.2 Å². The van der Waals surface area contributed by atoms with E-state index in [1.807, 2.05) is 7.05 Å². The summed E-state index contributed by atoms with van der Waals surface area (Å²) in [6, 6.07) is 0. The maximum Gasteiger partial charge on any atom is 0.137 e. The highest BCUT2D eigenvalue weighted by Crippen LogP contribution is 2.30. The summed E-state index contributed by atoms with van der Waals surface area (Å²) < 4.78 is 0. The fourth-order valence-electron chi connectivity index (χ4n) is 3.15. The molecule has 0 aromatic carbocycles. The zero-order chi connectivity index (χ0) is 14.5. The minimum Gasteiger partial charge on any atom is -0.373 e. The van der Waals surface area contributed by atoms with Crippen molar-refractivity contribution in [3.63, 3.8) is 0 Å². The molecular weight excluding hydrogens is 248 g/mol. The lowest BCUT2D eigenvalue weighted by molar-refractivity contribution is 0.310. The van der Waals surface area contributed by atoms with Gasteiger partial charge in [-0.05, 0) is 31.1 Å².